The highest BCUT2D eigenvalue weighted by Crippen LogP contribution is 2.36. The Balaban J connectivity index is 2.48. The first kappa shape index (κ1) is 11.9. The summed E-state index contributed by atoms with van der Waals surface area (Å²) in [6.07, 6.45) is 0. The van der Waals surface area contributed by atoms with Crippen LogP contribution in [0.2, 0.25) is 0 Å². The van der Waals surface area contributed by atoms with Crippen LogP contribution >= 0.6 is 0 Å². The molecule has 92 valence electrons. The Morgan fingerprint density at radius 2 is 2.18 bits per heavy atom. The number of nitrogens with two attached hydrogens (primary N) is 1. The fourth-order valence-electron chi connectivity index (χ4n) is 1.96. The van der Waals surface area contributed by atoms with Crippen molar-refractivity contribution < 1.29 is 9.53 Å². The molecule has 0 aliphatic carbocycles. The number of rotatable bonds is 1. The van der Waals surface area contributed by atoms with Gasteiger partial charge in [-0.1, -0.05) is 6.07 Å². The van der Waals surface area contributed by atoms with Gasteiger partial charge in [0.05, 0.1) is 11.1 Å². The zero-order valence-electron chi connectivity index (χ0n) is 10.5. The van der Waals surface area contributed by atoms with Crippen LogP contribution in [-0.2, 0) is 11.3 Å². The Morgan fingerprint density at radius 1 is 1.47 bits per heavy atom. The average molecular weight is 234 g/mol. The molecule has 1 heterocycles. The molecule has 1 aromatic rings. The van der Waals surface area contributed by atoms with E-state index in [2.05, 4.69) is 0 Å². The van der Waals surface area contributed by atoms with E-state index in [1.807, 2.05) is 32.0 Å². The van der Waals surface area contributed by atoms with Crippen molar-refractivity contribution >= 4 is 11.6 Å². The minimum Gasteiger partial charge on any atom is -0.490 e. The molecule has 2 rings (SSSR count). The standard InChI is InChI=1S/C13H18N2O2/c1-13(2)8-17-11-5-4-9(7-14)6-10(11)15(3)12(13)16/h4-6H,7-8,14H2,1-3H3. The Morgan fingerprint density at radius 3 is 2.82 bits per heavy atom. The van der Waals surface area contributed by atoms with E-state index in [1.165, 1.54) is 0 Å². The summed E-state index contributed by atoms with van der Waals surface area (Å²) in [4.78, 5) is 13.9. The fourth-order valence-corrected chi connectivity index (χ4v) is 1.96. The van der Waals surface area contributed by atoms with E-state index < -0.39 is 5.41 Å². The Hall–Kier alpha value is -1.55. The number of carbonyl (C=O) groups excluding carboxylic acids is 1. The summed E-state index contributed by atoms with van der Waals surface area (Å²) in [5, 5.41) is 0. The maximum Gasteiger partial charge on any atom is 0.235 e. The van der Waals surface area contributed by atoms with Crippen LogP contribution in [0, 0.1) is 5.41 Å². The molecule has 0 unspecified atom stereocenters. The third-order valence-corrected chi connectivity index (χ3v) is 3.09. The van der Waals surface area contributed by atoms with Crippen LogP contribution in [0.5, 0.6) is 5.75 Å². The number of carbonyl (C=O) groups is 1. The quantitative estimate of drug-likeness (QED) is 0.801. The first-order valence-electron chi connectivity index (χ1n) is 5.69. The highest BCUT2D eigenvalue weighted by atomic mass is 16.5. The van der Waals surface area contributed by atoms with Gasteiger partial charge in [-0.15, -0.1) is 0 Å². The van der Waals surface area contributed by atoms with Crippen molar-refractivity contribution in [3.8, 4) is 5.75 Å². The van der Waals surface area contributed by atoms with Crippen molar-refractivity contribution in [2.75, 3.05) is 18.6 Å². The molecule has 1 aliphatic heterocycles. The van der Waals surface area contributed by atoms with Crippen LogP contribution in [0.4, 0.5) is 5.69 Å². The highest BCUT2D eigenvalue weighted by molar-refractivity contribution is 5.98. The number of fused-ring (bicyclic) bond motifs is 1. The molecular formula is C13H18N2O2. The van der Waals surface area contributed by atoms with Gasteiger partial charge in [-0.2, -0.15) is 0 Å². The summed E-state index contributed by atoms with van der Waals surface area (Å²) >= 11 is 0. The number of nitrogens with zero attached hydrogens (tertiary/aromatic N) is 1. The second kappa shape index (κ2) is 4.04. The molecule has 4 nitrogen and oxygen atoms in total. The lowest BCUT2D eigenvalue weighted by Crippen LogP contribution is -2.39. The lowest BCUT2D eigenvalue weighted by atomic mass is 9.93. The molecule has 0 saturated carbocycles. The van der Waals surface area contributed by atoms with Gasteiger partial charge in [0.2, 0.25) is 5.91 Å². The lowest BCUT2D eigenvalue weighted by Gasteiger charge is -2.24. The summed E-state index contributed by atoms with van der Waals surface area (Å²) < 4.78 is 5.70. The number of anilines is 1. The van der Waals surface area contributed by atoms with Crippen LogP contribution in [-0.4, -0.2) is 19.6 Å². The fraction of sp³-hybridized carbons (Fsp3) is 0.462. The van der Waals surface area contributed by atoms with Gasteiger partial charge in [-0.05, 0) is 31.5 Å². The predicted octanol–water partition coefficient (Wildman–Crippen LogP) is 1.53. The maximum atomic E-state index is 12.2. The normalized spacial score (nSPS) is 18.4. The van der Waals surface area contributed by atoms with E-state index in [9.17, 15) is 4.79 Å². The number of benzene rings is 1. The summed E-state index contributed by atoms with van der Waals surface area (Å²) in [6.45, 7) is 4.63. The molecular weight excluding hydrogens is 216 g/mol. The average Bonchev–Trinajstić information content (AvgIpc) is 2.41. The lowest BCUT2D eigenvalue weighted by molar-refractivity contribution is -0.127. The SMILES string of the molecule is CN1C(=O)C(C)(C)COc2ccc(CN)cc21. The minimum absolute atomic E-state index is 0.0606. The molecule has 0 spiro atoms. The summed E-state index contributed by atoms with van der Waals surface area (Å²) in [7, 11) is 1.78. The van der Waals surface area contributed by atoms with Gasteiger partial charge in [-0.25, -0.2) is 0 Å². The van der Waals surface area contributed by atoms with Crippen molar-refractivity contribution in [2.24, 2.45) is 11.1 Å². The Bertz CT molecular complexity index is 455. The molecule has 1 aliphatic rings. The maximum absolute atomic E-state index is 12.2. The van der Waals surface area contributed by atoms with E-state index in [1.54, 1.807) is 11.9 Å². The van der Waals surface area contributed by atoms with E-state index in [0.717, 1.165) is 17.0 Å². The predicted molar refractivity (Wildman–Crippen MR) is 67.0 cm³/mol. The van der Waals surface area contributed by atoms with Gasteiger partial charge in [0.25, 0.3) is 0 Å². The molecule has 17 heavy (non-hydrogen) atoms. The number of hydrogen-bond donors (Lipinski definition) is 1. The van der Waals surface area contributed by atoms with E-state index in [4.69, 9.17) is 10.5 Å². The number of amides is 1. The van der Waals surface area contributed by atoms with Crippen molar-refractivity contribution in [1.29, 1.82) is 0 Å². The third-order valence-electron chi connectivity index (χ3n) is 3.09. The molecule has 0 aromatic heterocycles. The van der Waals surface area contributed by atoms with Crippen LogP contribution in [0.1, 0.15) is 19.4 Å². The number of ether oxygens (including phenoxy) is 1. The Labute approximate surface area is 101 Å². The molecule has 2 N–H and O–H groups in total. The molecule has 0 saturated heterocycles. The number of hydrogen-bond acceptors (Lipinski definition) is 3. The van der Waals surface area contributed by atoms with Crippen molar-refractivity contribution in [3.63, 3.8) is 0 Å². The monoisotopic (exact) mass is 234 g/mol. The second-order valence-corrected chi connectivity index (χ2v) is 5.04. The van der Waals surface area contributed by atoms with Gasteiger partial charge in [0, 0.05) is 13.6 Å². The van der Waals surface area contributed by atoms with Gasteiger partial charge in [0.15, 0.2) is 0 Å². The van der Waals surface area contributed by atoms with Crippen LogP contribution < -0.4 is 15.4 Å². The molecule has 1 amide bonds. The topological polar surface area (TPSA) is 55.6 Å². The Kier molecular flexibility index (Phi) is 2.83. The van der Waals surface area contributed by atoms with Gasteiger partial charge >= 0.3 is 0 Å². The van der Waals surface area contributed by atoms with Gasteiger partial charge in [0.1, 0.15) is 12.4 Å². The second-order valence-electron chi connectivity index (χ2n) is 5.04. The molecule has 4 heteroatoms. The van der Waals surface area contributed by atoms with E-state index >= 15 is 0 Å². The highest BCUT2D eigenvalue weighted by Gasteiger charge is 2.35. The van der Waals surface area contributed by atoms with E-state index in [0.29, 0.717) is 13.2 Å². The largest absolute Gasteiger partial charge is 0.490 e. The minimum atomic E-state index is -0.503. The van der Waals surface area contributed by atoms with E-state index in [-0.39, 0.29) is 5.91 Å². The van der Waals surface area contributed by atoms with Crippen LogP contribution in [0.15, 0.2) is 18.2 Å². The first-order chi connectivity index (χ1) is 7.95. The molecule has 0 bridgehead atoms. The molecule has 0 fully saturated rings. The smallest absolute Gasteiger partial charge is 0.235 e. The zero-order valence-corrected chi connectivity index (χ0v) is 10.5. The van der Waals surface area contributed by atoms with Crippen molar-refractivity contribution in [1.82, 2.24) is 0 Å². The summed E-state index contributed by atoms with van der Waals surface area (Å²) in [5.41, 5.74) is 6.90. The molecule has 1 aromatic carbocycles. The van der Waals surface area contributed by atoms with Crippen LogP contribution in [0.3, 0.4) is 0 Å². The van der Waals surface area contributed by atoms with Gasteiger partial charge in [-0.3, -0.25) is 4.79 Å². The summed E-state index contributed by atoms with van der Waals surface area (Å²) in [5.74, 6) is 0.800. The molecule has 0 atom stereocenters. The van der Waals surface area contributed by atoms with Crippen molar-refractivity contribution in [2.45, 2.75) is 20.4 Å². The third kappa shape index (κ3) is 2.00. The van der Waals surface area contributed by atoms with Gasteiger partial charge < -0.3 is 15.4 Å². The summed E-state index contributed by atoms with van der Waals surface area (Å²) in [6, 6.07) is 5.72. The first-order valence-corrected chi connectivity index (χ1v) is 5.69. The zero-order chi connectivity index (χ0) is 12.6. The van der Waals surface area contributed by atoms with Crippen molar-refractivity contribution in [3.05, 3.63) is 23.8 Å². The molecule has 0 radical (unpaired) electrons. The van der Waals surface area contributed by atoms with Crippen LogP contribution in [0.25, 0.3) is 0 Å².